The van der Waals surface area contributed by atoms with Crippen LogP contribution in [0.15, 0.2) is 15.5 Å². The van der Waals surface area contributed by atoms with Crippen LogP contribution in [0.3, 0.4) is 0 Å². The second-order valence-electron chi connectivity index (χ2n) is 17.3. The monoisotopic (exact) mass is 1050 g/mol. The first-order chi connectivity index (χ1) is 36.1. The van der Waals surface area contributed by atoms with Gasteiger partial charge in [0.2, 0.25) is 0 Å². The number of unbranched alkanes of at least 4 members (excludes halogenated alkanes) is 1. The van der Waals surface area contributed by atoms with Crippen molar-refractivity contribution in [2.75, 3.05) is 39.3 Å². The van der Waals surface area contributed by atoms with Crippen LogP contribution in [-0.2, 0) is 0 Å². The van der Waals surface area contributed by atoms with Crippen molar-refractivity contribution < 1.29 is 20.8 Å². The molecule has 0 radical (unpaired) electrons. The van der Waals surface area contributed by atoms with Crippen LogP contribution in [0.2, 0.25) is 0 Å². The van der Waals surface area contributed by atoms with Gasteiger partial charge in [-0.2, -0.15) is 15.8 Å². The van der Waals surface area contributed by atoms with Gasteiger partial charge in [0.1, 0.15) is 17.5 Å². The first-order valence-electron chi connectivity index (χ1n) is 28.3. The lowest BCUT2D eigenvalue weighted by molar-refractivity contribution is 0.286. The molecular weight excluding hydrogens is 941 g/mol. The molecule has 22 heteroatoms. The van der Waals surface area contributed by atoms with Crippen molar-refractivity contribution in [1.82, 2.24) is 31.9 Å². The van der Waals surface area contributed by atoms with E-state index in [2.05, 4.69) is 71.5 Å². The zero-order valence-electron chi connectivity index (χ0n) is 47.8. The summed E-state index contributed by atoms with van der Waals surface area (Å²) in [6, 6.07) is 9.67. The summed E-state index contributed by atoms with van der Waals surface area (Å²) in [5.74, 6) is 4.30. The Bertz CT molecular complexity index is 1330. The molecule has 0 bridgehead atoms. The maximum Gasteiger partial charge on any atom is 0.140 e. The predicted molar refractivity (Wildman–Crippen MR) is 306 cm³/mol. The zero-order chi connectivity index (χ0) is 57.0. The maximum atomic E-state index is 8.49. The average molecular weight is 1060 g/mol. The lowest BCUT2D eigenvalue weighted by Gasteiger charge is -2.33. The lowest BCUT2D eigenvalue weighted by atomic mass is 9.90. The predicted octanol–water partition coefficient (Wildman–Crippen LogP) is 6.02. The fourth-order valence-corrected chi connectivity index (χ4v) is 8.65. The third-order valence-electron chi connectivity index (χ3n) is 12.3. The van der Waals surface area contributed by atoms with Crippen molar-refractivity contribution in [3.05, 3.63) is 0 Å². The van der Waals surface area contributed by atoms with Crippen molar-refractivity contribution >= 4 is 17.5 Å². The summed E-state index contributed by atoms with van der Waals surface area (Å²) in [5.41, 5.74) is 28.2. The number of oxime groups is 3. The van der Waals surface area contributed by atoms with Gasteiger partial charge in [0.25, 0.3) is 0 Å². The molecule has 0 heterocycles. The summed E-state index contributed by atoms with van der Waals surface area (Å²) >= 11 is 0. The van der Waals surface area contributed by atoms with Gasteiger partial charge in [-0.25, -0.2) is 5.90 Å². The van der Waals surface area contributed by atoms with E-state index < -0.39 is 0 Å². The molecule has 4 saturated carbocycles. The van der Waals surface area contributed by atoms with Crippen molar-refractivity contribution in [3.63, 3.8) is 0 Å². The number of amidine groups is 3. The van der Waals surface area contributed by atoms with Gasteiger partial charge in [-0.15, -0.1) is 0 Å². The molecule has 0 aromatic carbocycles. The smallest absolute Gasteiger partial charge is 0.140 e. The molecule has 0 amide bonds. The van der Waals surface area contributed by atoms with Gasteiger partial charge >= 0.3 is 0 Å². The summed E-state index contributed by atoms with van der Waals surface area (Å²) < 4.78 is 0. The quantitative estimate of drug-likeness (QED) is 0.0183. The first kappa shape index (κ1) is 78.8. The Hall–Kier alpha value is -4.12. The molecule has 0 aromatic heterocycles. The van der Waals surface area contributed by atoms with Crippen LogP contribution in [0, 0.1) is 34.0 Å². The second kappa shape index (κ2) is 63.2. The standard InChI is InChI=1S/C12H26N6O2.C12H20N4.C11H24N4O.C9H17N3.4C2H6.H3NO/c13-11(17-19)5-7-15-9-3-1-2-4-10(9)16-8-6-12(14)18-20;13-7-3-9-15-11-5-1-2-6-12(11)16-10-4-8-14;12-9-5-1-2-6-10(9)14-8-4-3-7-11(13)15-16;10-6-3-7-12-9-5-2-1-4-8(9)11;5*1-2/h9-10,15-16,19-20H,1-8H2,(H2,13,17)(H2,14,18);11-12,15-16H,1-6,9-10H2;9-10,14,16H,1-8,12H2,(H2,13,15);8-9,12H,1-5,7,11H2;4*1-2H3;2H,1H2. The molecule has 0 aromatic rings. The Morgan fingerprint density at radius 1 is 0.392 bits per heavy atom. The molecule has 74 heavy (non-hydrogen) atoms. The molecule has 4 fully saturated rings. The van der Waals surface area contributed by atoms with Crippen LogP contribution in [0.1, 0.15) is 209 Å². The summed E-state index contributed by atoms with van der Waals surface area (Å²) in [6.07, 6.45) is 24.7. The fourth-order valence-electron chi connectivity index (χ4n) is 8.65. The third-order valence-corrected chi connectivity index (χ3v) is 12.3. The molecule has 4 rings (SSSR count). The Kier molecular flexibility index (Phi) is 67.2. The molecule has 22 nitrogen and oxygen atoms in total. The minimum Gasteiger partial charge on any atom is -0.409 e. The fraction of sp³-hybridized carbons (Fsp3) is 0.885. The van der Waals surface area contributed by atoms with Crippen molar-refractivity contribution in [2.24, 2.45) is 50.0 Å². The van der Waals surface area contributed by atoms with E-state index in [0.717, 1.165) is 64.7 Å². The highest BCUT2D eigenvalue weighted by Crippen LogP contribution is 2.20. The molecule has 4 aliphatic carbocycles. The Balaban J connectivity index is -0.000000273. The lowest BCUT2D eigenvalue weighted by Crippen LogP contribution is -2.50. The van der Waals surface area contributed by atoms with Gasteiger partial charge in [-0.05, 0) is 70.8 Å². The SMILES string of the molecule is CC.CC.CC.CC.N#CCCNC1CCCCC1N.N#CCCNC1CCCCC1NCCC#N.N/C(CCCCNC1CCCCC1N)=N\O.N/C(CCNC1CCCCC1NCC/C(N)=N\O)=N/O.NO. The van der Waals surface area contributed by atoms with Crippen LogP contribution in [0.5, 0.6) is 0 Å². The van der Waals surface area contributed by atoms with Crippen LogP contribution in [0.4, 0.5) is 0 Å². The van der Waals surface area contributed by atoms with Gasteiger partial charge < -0.3 is 81.4 Å². The van der Waals surface area contributed by atoms with E-state index >= 15 is 0 Å². The number of nitrogens with zero attached hydrogens (tertiary/aromatic N) is 6. The van der Waals surface area contributed by atoms with E-state index in [9.17, 15) is 0 Å². The first-order valence-corrected chi connectivity index (χ1v) is 28.3. The van der Waals surface area contributed by atoms with Gasteiger partial charge in [-0.1, -0.05) is 122 Å². The largest absolute Gasteiger partial charge is 0.409 e. The van der Waals surface area contributed by atoms with Gasteiger partial charge in [0, 0.05) is 120 Å². The van der Waals surface area contributed by atoms with E-state index in [1.54, 1.807) is 0 Å². The van der Waals surface area contributed by atoms with Crippen LogP contribution >= 0.6 is 0 Å². The van der Waals surface area contributed by atoms with Crippen molar-refractivity contribution in [2.45, 2.75) is 258 Å². The van der Waals surface area contributed by atoms with E-state index in [-0.39, 0.29) is 11.7 Å². The van der Waals surface area contributed by atoms with Crippen LogP contribution < -0.4 is 66.5 Å². The molecule has 0 aliphatic heterocycles. The van der Waals surface area contributed by atoms with Crippen LogP contribution in [0.25, 0.3) is 0 Å². The van der Waals surface area contributed by atoms with Crippen molar-refractivity contribution in [3.8, 4) is 18.2 Å². The number of nitrogens with two attached hydrogens (primary N) is 6. The highest BCUT2D eigenvalue weighted by molar-refractivity contribution is 5.80. The molecule has 0 spiro atoms. The van der Waals surface area contributed by atoms with Crippen LogP contribution in [-0.4, -0.2) is 126 Å². The molecule has 22 N–H and O–H groups in total. The molecular formula is C52H114N18O4. The number of nitriles is 3. The average Bonchev–Trinajstić information content (AvgIpc) is 3.45. The Morgan fingerprint density at radius 3 is 0.919 bits per heavy atom. The number of hydrogen-bond donors (Lipinski definition) is 16. The summed E-state index contributed by atoms with van der Waals surface area (Å²) in [5, 5.41) is 86.6. The summed E-state index contributed by atoms with van der Waals surface area (Å²) in [6.45, 7) is 20.7. The molecule has 0 saturated heterocycles. The summed E-state index contributed by atoms with van der Waals surface area (Å²) in [7, 11) is 0. The number of rotatable bonds is 23. The van der Waals surface area contributed by atoms with E-state index in [1.807, 2.05) is 55.4 Å². The Labute approximate surface area is 450 Å². The molecule has 8 atom stereocenters. The van der Waals surface area contributed by atoms with Gasteiger partial charge in [0.05, 0.1) is 18.2 Å². The van der Waals surface area contributed by atoms with E-state index in [1.165, 1.54) is 77.0 Å². The van der Waals surface area contributed by atoms with Gasteiger partial charge in [0.15, 0.2) is 0 Å². The van der Waals surface area contributed by atoms with E-state index in [0.29, 0.717) is 106 Å². The normalized spacial score (nSPS) is 23.1. The number of hydrogen-bond acceptors (Lipinski definition) is 19. The topological polar surface area (TPSA) is 418 Å². The van der Waals surface area contributed by atoms with Gasteiger partial charge in [-0.3, -0.25) is 0 Å². The maximum absolute atomic E-state index is 8.49. The van der Waals surface area contributed by atoms with E-state index in [4.69, 9.17) is 65.3 Å². The summed E-state index contributed by atoms with van der Waals surface area (Å²) in [4.78, 5) is 0. The minimum atomic E-state index is 0.241. The number of nitrogens with one attached hydrogen (secondary N) is 6. The van der Waals surface area contributed by atoms with Crippen molar-refractivity contribution in [1.29, 1.82) is 15.8 Å². The highest BCUT2D eigenvalue weighted by atomic mass is 16.4. The Morgan fingerprint density at radius 2 is 0.635 bits per heavy atom. The second-order valence-corrected chi connectivity index (χ2v) is 17.3. The highest BCUT2D eigenvalue weighted by Gasteiger charge is 2.25. The third kappa shape index (κ3) is 46.4. The minimum absolute atomic E-state index is 0.241. The molecule has 8 unspecified atom stereocenters. The molecule has 436 valence electrons. The molecule has 4 aliphatic rings. The zero-order valence-corrected chi connectivity index (χ0v) is 47.8.